The molecule has 125 heavy (non-hydrogen) atoms. The number of fused-ring (bicyclic) bond motifs is 20. The number of rotatable bonds is 24. The third-order valence-corrected chi connectivity index (χ3v) is 34.4. The highest BCUT2D eigenvalue weighted by atomic mass is 16.4. The number of aliphatic carboxylic acids is 2. The van der Waals surface area contributed by atoms with Crippen molar-refractivity contribution in [2.75, 3.05) is 65.4 Å². The molecule has 5 aliphatic heterocycles. The molecule has 5 saturated heterocycles. The molecular formula is C103H142N10O12. The van der Waals surface area contributed by atoms with Gasteiger partial charge >= 0.3 is 11.9 Å². The van der Waals surface area contributed by atoms with Crippen molar-refractivity contribution in [2.24, 2.45) is 76.4 Å². The van der Waals surface area contributed by atoms with Crippen molar-refractivity contribution in [3.8, 4) is 17.2 Å². The molecule has 13 N–H and O–H groups in total. The lowest BCUT2D eigenvalue weighted by molar-refractivity contribution is -0.141. The third kappa shape index (κ3) is 18.7. The van der Waals surface area contributed by atoms with Gasteiger partial charge in [0, 0.05) is 109 Å². The van der Waals surface area contributed by atoms with Gasteiger partial charge in [-0.1, -0.05) is 100 Å². The molecule has 20 rings (SSSR count). The zero-order chi connectivity index (χ0) is 88.7. The summed E-state index contributed by atoms with van der Waals surface area (Å²) >= 11 is 0. The van der Waals surface area contributed by atoms with Gasteiger partial charge in [0.2, 0.25) is 29.5 Å². The minimum Gasteiger partial charge on any atom is -0.508 e. The van der Waals surface area contributed by atoms with E-state index in [4.69, 9.17) is 17.2 Å². The topological polar surface area (TPSA) is 339 Å². The second-order valence-corrected chi connectivity index (χ2v) is 42.4. The maximum Gasteiger partial charge on any atom is 0.304 e. The monoisotopic (exact) mass is 1710 g/mol. The Morgan fingerprint density at radius 3 is 0.800 bits per heavy atom. The van der Waals surface area contributed by atoms with Gasteiger partial charge in [-0.25, -0.2) is 0 Å². The van der Waals surface area contributed by atoms with Crippen molar-refractivity contribution in [2.45, 2.75) is 292 Å². The Hall–Kier alpha value is -8.41. The van der Waals surface area contributed by atoms with E-state index >= 15 is 0 Å². The van der Waals surface area contributed by atoms with Crippen molar-refractivity contribution in [3.05, 3.63) is 158 Å². The molecule has 5 aromatic carbocycles. The zero-order valence-electron chi connectivity index (χ0n) is 75.8. The summed E-state index contributed by atoms with van der Waals surface area (Å²) in [4.78, 5) is 96.8. The minimum absolute atomic E-state index is 0.0677. The average Bonchev–Trinajstić information content (AvgIpc) is 0.929. The number of hydrogen-bond donors (Lipinski definition) is 10. The second kappa shape index (κ2) is 35.9. The number of nitrogens with one attached hydrogen (secondary N) is 2. The number of piperidine rings is 5. The molecule has 0 radical (unpaired) electrons. The Bertz CT molecular complexity index is 4480. The molecule has 5 amide bonds. The first-order valence-corrected chi connectivity index (χ1v) is 47.8. The van der Waals surface area contributed by atoms with Crippen LogP contribution in [-0.4, -0.2) is 199 Å². The van der Waals surface area contributed by atoms with Crippen LogP contribution in [0.25, 0.3) is 0 Å². The number of nitrogens with two attached hydrogens (primary N) is 3. The summed E-state index contributed by atoms with van der Waals surface area (Å²) in [6.45, 7) is 30.0. The number of hydrogen-bond acceptors (Lipinski definition) is 15. The summed E-state index contributed by atoms with van der Waals surface area (Å²) < 4.78 is 0. The van der Waals surface area contributed by atoms with Crippen LogP contribution in [0.4, 0.5) is 0 Å². The lowest BCUT2D eigenvalue weighted by atomic mass is 9.56. The van der Waals surface area contributed by atoms with Gasteiger partial charge in [-0.3, -0.25) is 58.1 Å². The maximum absolute atomic E-state index is 12.9. The SMILES string of the molecule is C[C@H](NC(=O)C[C@@]12CCN(CC3CC3)C(Cc3ccc(O)cc31)[C@@H]2C)C(N)=O.C[C@H]1C2Cc3ccc(O)cc3[C@@]1(CC(=O)O)CCN2CC1CC1.C[C@H]1C2Cc3ccc(O)cc3[C@@]1(CC(N)=O)CCN2CC1CC1.Cc1ccc2c(c1)[C@@]1(CC(=O)N[C@@H](C)C(N)=O)CCN(CC3CC3)C(C2)[C@@H]1C.Cc1ccc2c(c1)[C@@]1(CC(=O)O)CCN(CC3CC3)C(C2)[C@@H]1C. The van der Waals surface area contributed by atoms with E-state index in [1.807, 2.05) is 36.4 Å². The number of aromatic hydroxyl groups is 3. The molecule has 17 atom stereocenters. The number of carbonyl (C=O) groups excluding carboxylic acids is 5. The molecule has 22 heteroatoms. The maximum atomic E-state index is 12.9. The summed E-state index contributed by atoms with van der Waals surface area (Å²) in [6, 6.07) is 31.3. The van der Waals surface area contributed by atoms with Crippen LogP contribution >= 0.6 is 0 Å². The van der Waals surface area contributed by atoms with E-state index in [9.17, 15) is 59.1 Å². The van der Waals surface area contributed by atoms with Crippen LogP contribution in [0, 0.1) is 73.0 Å². The Morgan fingerprint density at radius 2 is 0.576 bits per heavy atom. The van der Waals surface area contributed by atoms with E-state index in [-0.39, 0.29) is 69.1 Å². The quantitative estimate of drug-likeness (QED) is 0.0274. The second-order valence-electron chi connectivity index (χ2n) is 42.4. The summed E-state index contributed by atoms with van der Waals surface area (Å²) in [6.07, 6.45) is 25.0. The molecule has 10 fully saturated rings. The fourth-order valence-electron chi connectivity index (χ4n) is 26.1. The van der Waals surface area contributed by atoms with Crippen LogP contribution in [0.2, 0.25) is 0 Å². The van der Waals surface area contributed by atoms with Crippen molar-refractivity contribution >= 4 is 41.5 Å². The van der Waals surface area contributed by atoms with Gasteiger partial charge in [0.25, 0.3) is 0 Å². The Balaban J connectivity index is 0.000000116. The number of phenolic OH excluding ortho intramolecular Hbond substituents is 3. The van der Waals surface area contributed by atoms with E-state index in [0.717, 1.165) is 150 Å². The average molecular weight is 1710 g/mol. The largest absolute Gasteiger partial charge is 0.508 e. The van der Waals surface area contributed by atoms with Crippen LogP contribution in [0.3, 0.4) is 0 Å². The van der Waals surface area contributed by atoms with Crippen LogP contribution in [0.1, 0.15) is 244 Å². The van der Waals surface area contributed by atoms with Crippen LogP contribution in [-0.2, 0) is 92.7 Å². The van der Waals surface area contributed by atoms with Crippen molar-refractivity contribution in [1.82, 2.24) is 35.1 Å². The van der Waals surface area contributed by atoms with Gasteiger partial charge in [-0.15, -0.1) is 0 Å². The lowest BCUT2D eigenvalue weighted by Gasteiger charge is -2.56. The molecule has 5 saturated carbocycles. The molecule has 15 aliphatic rings. The standard InChI is InChI=1S/C23H33N3O2.C22H31N3O3.C20H27NO2.C19H26N2O2.C19H25NO3/c1-14-4-7-18-11-20-15(2)23(19(18)10-14,8-9-26(20)13-17-5-6-17)12-21(27)25-16(3)22(24)28;1-13-19-9-16-5-6-17(26)10-18(16)22(13,7-8-25(19)12-15-3-4-15)11-20(27)24-14(2)21(23)28;1-13-3-6-16-10-18-14(2)20(11-19(22)23,17(16)9-13)7-8-21(18)12-15-4-5-15;1-12-17-8-14-4-5-15(22)9-16(14)19(12,10-18(20)23)6-7-21(17)11-13-2-3-13;1-12-17-8-14-4-5-15(21)9-16(14)19(12,10-18(22)23)6-7-20(17)11-13-2-3-13/h4,7,10,15-17,20H,5-6,8-9,11-13H2,1-3H3,(H2,24,28)(H,25,27);5-6,10,13-15,19,26H,3-4,7-9,11-12H2,1-2H3,(H2,23,28)(H,24,27);3,6,9,14-15,18H,4-5,7-8,10-12H2,1-2H3,(H,22,23);4-5,9,12-13,17,22H,2-3,6-8,10-11H2,1H3,(H2,20,23);4-5,9,12-13,17,21H,2-3,6-8,10-11H2,1H3,(H,22,23)/t15-,16-,20?,23+;13-,14-,19?,22+;14-,18?,20+;2*12-,17?,19+/m00000/s1. The zero-order valence-corrected chi connectivity index (χ0v) is 75.8. The van der Waals surface area contributed by atoms with Crippen LogP contribution in [0.15, 0.2) is 91.0 Å². The molecule has 0 spiro atoms. The lowest BCUT2D eigenvalue weighted by Crippen LogP contribution is -2.60. The molecule has 5 unspecified atom stereocenters. The first-order chi connectivity index (χ1) is 59.6. The van der Waals surface area contributed by atoms with E-state index in [0.29, 0.717) is 84.8 Å². The fraction of sp³-hybridized carbons (Fsp3) is 0.641. The number of amides is 5. The highest BCUT2D eigenvalue weighted by Gasteiger charge is 2.59. The van der Waals surface area contributed by atoms with E-state index < -0.39 is 35.8 Å². The number of nitrogens with zero attached hydrogens (tertiary/aromatic N) is 5. The molecule has 0 aromatic heterocycles. The van der Waals surface area contributed by atoms with Crippen molar-refractivity contribution in [1.29, 1.82) is 0 Å². The third-order valence-electron chi connectivity index (χ3n) is 34.4. The van der Waals surface area contributed by atoms with Gasteiger partial charge in [-0.05, 0) is 340 Å². The van der Waals surface area contributed by atoms with Crippen molar-refractivity contribution in [3.63, 3.8) is 0 Å². The molecule has 10 aliphatic carbocycles. The van der Waals surface area contributed by atoms with Gasteiger partial charge in [0.1, 0.15) is 29.3 Å². The molecule has 22 nitrogen and oxygen atoms in total. The summed E-state index contributed by atoms with van der Waals surface area (Å²) in [5.41, 5.74) is 30.1. The van der Waals surface area contributed by atoms with Crippen LogP contribution in [0.5, 0.6) is 17.2 Å². The normalized spacial score (nSPS) is 32.0. The first-order valence-electron chi connectivity index (χ1n) is 47.8. The van der Waals surface area contributed by atoms with Gasteiger partial charge in [-0.2, -0.15) is 0 Å². The number of aryl methyl sites for hydroxylation is 2. The van der Waals surface area contributed by atoms with E-state index in [2.05, 4.69) is 120 Å². The number of benzene rings is 5. The highest BCUT2D eigenvalue weighted by molar-refractivity contribution is 5.88. The Kier molecular flexibility index (Phi) is 25.8. The number of phenols is 3. The van der Waals surface area contributed by atoms with Crippen molar-refractivity contribution < 1.29 is 59.1 Å². The van der Waals surface area contributed by atoms with Crippen LogP contribution < -0.4 is 27.8 Å². The number of carbonyl (C=O) groups is 7. The predicted molar refractivity (Wildman–Crippen MR) is 484 cm³/mol. The molecule has 5 heterocycles. The molecule has 10 bridgehead atoms. The smallest absolute Gasteiger partial charge is 0.304 e. The molecule has 5 aromatic rings. The fourth-order valence-corrected chi connectivity index (χ4v) is 26.1. The Morgan fingerprint density at radius 1 is 0.352 bits per heavy atom. The number of carboxylic acid groups (broad SMARTS) is 2. The molecule has 676 valence electrons. The number of primary amides is 3. The summed E-state index contributed by atoms with van der Waals surface area (Å²) in [5.74, 6) is 4.08. The Labute approximate surface area is 740 Å². The summed E-state index contributed by atoms with van der Waals surface area (Å²) in [7, 11) is 0. The van der Waals surface area contributed by atoms with Gasteiger partial charge in [0.15, 0.2) is 0 Å². The van der Waals surface area contributed by atoms with E-state index in [1.54, 1.807) is 32.0 Å². The minimum atomic E-state index is -0.734. The predicted octanol–water partition coefficient (Wildman–Crippen LogP) is 12.3. The first kappa shape index (κ1) is 90.0. The van der Waals surface area contributed by atoms with E-state index in [1.165, 1.54) is 140 Å². The van der Waals surface area contributed by atoms with Gasteiger partial charge in [0.05, 0.1) is 12.8 Å². The number of likely N-dealkylation sites (tertiary alicyclic amines) is 5. The highest BCUT2D eigenvalue weighted by Crippen LogP contribution is 2.59. The summed E-state index contributed by atoms with van der Waals surface area (Å²) in [5, 5.41) is 54.8. The number of carboxylic acids is 2. The van der Waals surface area contributed by atoms with Gasteiger partial charge < -0.3 is 53.4 Å². The molecular weight excluding hydrogens is 1570 g/mol.